The lowest BCUT2D eigenvalue weighted by molar-refractivity contribution is -0.139. The molecule has 4 atom stereocenters. The van der Waals surface area contributed by atoms with E-state index < -0.39 is 0 Å². The van der Waals surface area contributed by atoms with Gasteiger partial charge in [0.05, 0.1) is 0 Å². The number of nitrogens with zero attached hydrogens (tertiary/aromatic N) is 1. The van der Waals surface area contributed by atoms with Gasteiger partial charge in [0.15, 0.2) is 0 Å². The normalized spacial score (nSPS) is 36.9. The van der Waals surface area contributed by atoms with Gasteiger partial charge in [-0.1, -0.05) is 20.3 Å². The molecule has 1 saturated carbocycles. The summed E-state index contributed by atoms with van der Waals surface area (Å²) in [6.07, 6.45) is 5.33. The highest BCUT2D eigenvalue weighted by molar-refractivity contribution is 5.85. The van der Waals surface area contributed by atoms with E-state index in [4.69, 9.17) is 5.73 Å². The third-order valence-electron chi connectivity index (χ3n) is 4.71. The van der Waals surface area contributed by atoms with Crippen LogP contribution in [0, 0.1) is 17.8 Å². The molecule has 2 fully saturated rings. The Morgan fingerprint density at radius 1 is 1.17 bits per heavy atom. The zero-order valence-corrected chi connectivity index (χ0v) is 12.4. The van der Waals surface area contributed by atoms with Crippen molar-refractivity contribution in [2.75, 3.05) is 13.1 Å². The molecule has 2 aliphatic rings. The molecule has 2 N–H and O–H groups in total. The standard InChI is InChI=1S/C14H26N2O.ClH/c1-10-6-7-16(9-11(10)2)14(17)12-4-3-5-13(15)8-12;/h10-13H,3-9,15H2,1-2H3;1H. The van der Waals surface area contributed by atoms with Gasteiger partial charge >= 0.3 is 0 Å². The Kier molecular flexibility index (Phi) is 5.93. The first-order valence-electron chi connectivity index (χ1n) is 7.12. The van der Waals surface area contributed by atoms with Gasteiger partial charge in [0.1, 0.15) is 0 Å². The summed E-state index contributed by atoms with van der Waals surface area (Å²) in [4.78, 5) is 14.5. The average Bonchev–Trinajstić information content (AvgIpc) is 2.32. The van der Waals surface area contributed by atoms with Crippen molar-refractivity contribution < 1.29 is 4.79 Å². The number of hydrogen-bond donors (Lipinski definition) is 1. The van der Waals surface area contributed by atoms with Gasteiger partial charge in [-0.15, -0.1) is 12.4 Å². The Bertz CT molecular complexity index is 285. The monoisotopic (exact) mass is 274 g/mol. The molecule has 4 unspecified atom stereocenters. The van der Waals surface area contributed by atoms with E-state index in [-0.39, 0.29) is 24.4 Å². The van der Waals surface area contributed by atoms with E-state index in [1.54, 1.807) is 0 Å². The molecule has 1 saturated heterocycles. The van der Waals surface area contributed by atoms with Crippen molar-refractivity contribution in [3.8, 4) is 0 Å². The van der Waals surface area contributed by atoms with Crippen molar-refractivity contribution in [3.63, 3.8) is 0 Å². The number of likely N-dealkylation sites (tertiary alicyclic amines) is 1. The summed E-state index contributed by atoms with van der Waals surface area (Å²) in [5.74, 6) is 1.98. The Morgan fingerprint density at radius 2 is 1.89 bits per heavy atom. The molecule has 0 aromatic rings. The Labute approximate surface area is 117 Å². The summed E-state index contributed by atoms with van der Waals surface area (Å²) < 4.78 is 0. The van der Waals surface area contributed by atoms with Crippen molar-refractivity contribution in [1.29, 1.82) is 0 Å². The predicted octanol–water partition coefficient (Wildman–Crippen LogP) is 2.43. The predicted molar refractivity (Wildman–Crippen MR) is 76.7 cm³/mol. The largest absolute Gasteiger partial charge is 0.342 e. The molecule has 0 radical (unpaired) electrons. The lowest BCUT2D eigenvalue weighted by Crippen LogP contribution is -2.46. The van der Waals surface area contributed by atoms with Crippen molar-refractivity contribution in [1.82, 2.24) is 4.90 Å². The van der Waals surface area contributed by atoms with E-state index in [1.165, 1.54) is 0 Å². The van der Waals surface area contributed by atoms with E-state index in [0.29, 0.717) is 11.8 Å². The van der Waals surface area contributed by atoms with Crippen LogP contribution in [0.4, 0.5) is 0 Å². The van der Waals surface area contributed by atoms with Crippen LogP contribution in [0.25, 0.3) is 0 Å². The molecular weight excluding hydrogens is 248 g/mol. The molecule has 1 aliphatic carbocycles. The summed E-state index contributed by atoms with van der Waals surface area (Å²) in [6.45, 7) is 6.46. The summed E-state index contributed by atoms with van der Waals surface area (Å²) in [7, 11) is 0. The van der Waals surface area contributed by atoms with Crippen LogP contribution in [-0.4, -0.2) is 29.9 Å². The molecule has 18 heavy (non-hydrogen) atoms. The highest BCUT2D eigenvalue weighted by Gasteiger charge is 2.32. The fourth-order valence-electron chi connectivity index (χ4n) is 3.17. The second-order valence-corrected chi connectivity index (χ2v) is 6.15. The smallest absolute Gasteiger partial charge is 0.225 e. The highest BCUT2D eigenvalue weighted by atomic mass is 35.5. The molecule has 0 aromatic heterocycles. The summed E-state index contributed by atoms with van der Waals surface area (Å²) in [5.41, 5.74) is 5.97. The first-order chi connectivity index (χ1) is 8.08. The quantitative estimate of drug-likeness (QED) is 0.798. The fraction of sp³-hybridized carbons (Fsp3) is 0.929. The number of hydrogen-bond acceptors (Lipinski definition) is 2. The van der Waals surface area contributed by atoms with Crippen LogP contribution < -0.4 is 5.73 Å². The summed E-state index contributed by atoms with van der Waals surface area (Å²) in [6, 6.07) is 0.249. The number of nitrogens with two attached hydrogens (primary N) is 1. The number of piperidine rings is 1. The minimum absolute atomic E-state index is 0. The molecule has 4 heteroatoms. The molecule has 3 nitrogen and oxygen atoms in total. The van der Waals surface area contributed by atoms with Crippen LogP contribution in [0.1, 0.15) is 46.0 Å². The van der Waals surface area contributed by atoms with Crippen LogP contribution in [-0.2, 0) is 4.79 Å². The zero-order valence-electron chi connectivity index (χ0n) is 11.6. The topological polar surface area (TPSA) is 46.3 Å². The van der Waals surface area contributed by atoms with Crippen LogP contribution in [0.3, 0.4) is 0 Å². The summed E-state index contributed by atoms with van der Waals surface area (Å²) >= 11 is 0. The van der Waals surface area contributed by atoms with Gasteiger partial charge in [0.2, 0.25) is 5.91 Å². The minimum atomic E-state index is 0. The number of rotatable bonds is 1. The molecule has 0 spiro atoms. The first kappa shape index (κ1) is 15.8. The van der Waals surface area contributed by atoms with Gasteiger partial charge in [-0.3, -0.25) is 4.79 Å². The fourth-order valence-corrected chi connectivity index (χ4v) is 3.17. The number of halogens is 1. The Hall–Kier alpha value is -0.280. The number of amides is 1. The van der Waals surface area contributed by atoms with Crippen LogP contribution in [0.15, 0.2) is 0 Å². The van der Waals surface area contributed by atoms with E-state index in [9.17, 15) is 4.79 Å². The van der Waals surface area contributed by atoms with Crippen LogP contribution in [0.5, 0.6) is 0 Å². The third-order valence-corrected chi connectivity index (χ3v) is 4.71. The van der Waals surface area contributed by atoms with Crippen LogP contribution >= 0.6 is 12.4 Å². The molecular formula is C14H27ClN2O. The van der Waals surface area contributed by atoms with Gasteiger partial charge in [-0.2, -0.15) is 0 Å². The Balaban J connectivity index is 0.00000162. The van der Waals surface area contributed by atoms with Crippen molar-refractivity contribution in [2.24, 2.45) is 23.5 Å². The van der Waals surface area contributed by atoms with Gasteiger partial charge < -0.3 is 10.6 Å². The third kappa shape index (κ3) is 3.61. The second-order valence-electron chi connectivity index (χ2n) is 6.15. The van der Waals surface area contributed by atoms with Gasteiger partial charge in [-0.25, -0.2) is 0 Å². The average molecular weight is 275 g/mol. The molecule has 0 bridgehead atoms. The van der Waals surface area contributed by atoms with Gasteiger partial charge in [0.25, 0.3) is 0 Å². The SMILES string of the molecule is CC1CCN(C(=O)C2CCCC(N)C2)CC1C.Cl. The van der Waals surface area contributed by atoms with Crippen molar-refractivity contribution in [3.05, 3.63) is 0 Å². The van der Waals surface area contributed by atoms with Gasteiger partial charge in [0, 0.05) is 25.0 Å². The second kappa shape index (κ2) is 6.76. The number of carbonyl (C=O) groups excluding carboxylic acids is 1. The molecule has 1 heterocycles. The van der Waals surface area contributed by atoms with Crippen molar-refractivity contribution >= 4 is 18.3 Å². The molecule has 2 rings (SSSR count). The maximum atomic E-state index is 12.4. The summed E-state index contributed by atoms with van der Waals surface area (Å²) in [5, 5.41) is 0. The molecule has 0 aromatic carbocycles. The Morgan fingerprint density at radius 3 is 2.50 bits per heavy atom. The maximum absolute atomic E-state index is 12.4. The number of carbonyl (C=O) groups is 1. The van der Waals surface area contributed by atoms with Crippen molar-refractivity contribution in [2.45, 2.75) is 52.0 Å². The van der Waals surface area contributed by atoms with E-state index >= 15 is 0 Å². The molecule has 106 valence electrons. The van der Waals surface area contributed by atoms with E-state index in [1.807, 2.05) is 0 Å². The van der Waals surface area contributed by atoms with Gasteiger partial charge in [-0.05, 0) is 37.5 Å². The van der Waals surface area contributed by atoms with E-state index in [0.717, 1.165) is 51.1 Å². The van der Waals surface area contributed by atoms with E-state index in [2.05, 4.69) is 18.7 Å². The first-order valence-corrected chi connectivity index (χ1v) is 7.12. The molecule has 1 aliphatic heterocycles. The lowest BCUT2D eigenvalue weighted by atomic mass is 9.83. The molecule has 1 amide bonds. The maximum Gasteiger partial charge on any atom is 0.225 e. The lowest BCUT2D eigenvalue weighted by Gasteiger charge is -2.38. The highest BCUT2D eigenvalue weighted by Crippen LogP contribution is 2.28. The zero-order chi connectivity index (χ0) is 12.4. The van der Waals surface area contributed by atoms with Crippen LogP contribution in [0.2, 0.25) is 0 Å². The minimum Gasteiger partial charge on any atom is -0.342 e.